The van der Waals surface area contributed by atoms with Crippen LogP contribution in [0.2, 0.25) is 5.02 Å². The maximum absolute atomic E-state index is 13.0. The third-order valence-corrected chi connectivity index (χ3v) is 6.23. The Morgan fingerprint density at radius 3 is 2.30 bits per heavy atom. The Morgan fingerprint density at radius 2 is 1.59 bits per heavy atom. The van der Waals surface area contributed by atoms with Gasteiger partial charge >= 0.3 is 5.97 Å². The molecule has 5 aromatic rings. The summed E-state index contributed by atoms with van der Waals surface area (Å²) in [5.74, 6) is -1.55. The second-order valence-corrected chi connectivity index (χ2v) is 8.78. The van der Waals surface area contributed by atoms with Crippen molar-refractivity contribution >= 4 is 29.4 Å². The van der Waals surface area contributed by atoms with Crippen molar-refractivity contribution in [1.82, 2.24) is 14.9 Å². The number of hydrogen-bond acceptors (Lipinski definition) is 5. The highest BCUT2D eigenvalue weighted by atomic mass is 35.5. The highest BCUT2D eigenvalue weighted by Crippen LogP contribution is 2.42. The van der Waals surface area contributed by atoms with Crippen LogP contribution in [0.1, 0.15) is 32.1 Å². The summed E-state index contributed by atoms with van der Waals surface area (Å²) in [6.45, 7) is 3.74. The van der Waals surface area contributed by atoms with E-state index in [1.807, 2.05) is 44.2 Å². The molecule has 0 aliphatic heterocycles. The number of carboxylic acid groups (broad SMARTS) is 1. The van der Waals surface area contributed by atoms with Crippen molar-refractivity contribution in [3.8, 4) is 28.1 Å². The molecule has 8 nitrogen and oxygen atoms in total. The van der Waals surface area contributed by atoms with Crippen molar-refractivity contribution < 1.29 is 19.2 Å². The first-order valence-electron chi connectivity index (χ1n) is 11.4. The number of amides is 1. The molecule has 3 aromatic carbocycles. The molecule has 0 aliphatic rings. The molecule has 5 rings (SSSR count). The van der Waals surface area contributed by atoms with Gasteiger partial charge in [0.05, 0.1) is 28.2 Å². The number of aromatic carboxylic acids is 1. The lowest BCUT2D eigenvalue weighted by Gasteiger charge is -2.10. The van der Waals surface area contributed by atoms with Gasteiger partial charge in [0, 0.05) is 21.7 Å². The first-order valence-corrected chi connectivity index (χ1v) is 11.7. The lowest BCUT2D eigenvalue weighted by atomic mass is 9.95. The maximum atomic E-state index is 13.0. The molecule has 0 unspecified atom stereocenters. The van der Waals surface area contributed by atoms with Crippen LogP contribution in [0.15, 0.2) is 83.4 Å². The van der Waals surface area contributed by atoms with Crippen LogP contribution >= 0.6 is 11.6 Å². The van der Waals surface area contributed by atoms with E-state index in [-0.39, 0.29) is 11.4 Å². The monoisotopic (exact) mass is 512 g/mol. The molecule has 0 radical (unpaired) electrons. The zero-order valence-electron chi connectivity index (χ0n) is 19.9. The highest BCUT2D eigenvalue weighted by Gasteiger charge is 2.28. The molecule has 0 spiro atoms. The number of nitrogens with one attached hydrogen (secondary N) is 1. The van der Waals surface area contributed by atoms with Crippen LogP contribution in [0.5, 0.6) is 0 Å². The van der Waals surface area contributed by atoms with E-state index in [1.165, 1.54) is 6.07 Å². The van der Waals surface area contributed by atoms with Gasteiger partial charge in [0.2, 0.25) is 5.88 Å². The van der Waals surface area contributed by atoms with Gasteiger partial charge in [-0.25, -0.2) is 9.48 Å². The Balaban J connectivity index is 1.69. The number of nitrogens with zero attached hydrogens (tertiary/aromatic N) is 3. The number of carbonyl (C=O) groups is 2. The van der Waals surface area contributed by atoms with Crippen molar-refractivity contribution in [2.75, 3.05) is 5.32 Å². The first kappa shape index (κ1) is 24.0. The van der Waals surface area contributed by atoms with E-state index >= 15 is 0 Å². The normalized spacial score (nSPS) is 10.9. The molecule has 2 N–H and O–H groups in total. The number of carbonyl (C=O) groups excluding carboxylic acids is 1. The maximum Gasteiger partial charge on any atom is 0.336 e. The highest BCUT2D eigenvalue weighted by molar-refractivity contribution is 6.30. The van der Waals surface area contributed by atoms with Crippen LogP contribution < -0.4 is 5.32 Å². The van der Waals surface area contributed by atoms with Gasteiger partial charge in [-0.05, 0) is 56.3 Å². The Morgan fingerprint density at radius 1 is 0.919 bits per heavy atom. The van der Waals surface area contributed by atoms with Crippen LogP contribution in [-0.4, -0.2) is 31.9 Å². The average Bonchev–Trinajstić information content (AvgIpc) is 3.43. The summed E-state index contributed by atoms with van der Waals surface area (Å²) in [5, 5.41) is 22.1. The van der Waals surface area contributed by atoms with E-state index in [1.54, 1.807) is 47.1 Å². The molecule has 37 heavy (non-hydrogen) atoms. The molecular formula is C28H21ClN4O4. The standard InChI is InChI=1S/C28H21ClN4O4/c1-16-23(17(2)33(31-16)20-8-4-3-5-9-20)25-24(21-10-6-7-11-22(21)28(35)36)27(37-32-25)30-26(34)18-12-14-19(29)15-13-18/h3-15H,1-2H3,(H,30,34)(H,35,36). The molecule has 184 valence electrons. The summed E-state index contributed by atoms with van der Waals surface area (Å²) in [5.41, 5.74) is 4.45. The van der Waals surface area contributed by atoms with Crippen LogP contribution in [0.3, 0.4) is 0 Å². The molecule has 0 saturated heterocycles. The Hall–Kier alpha value is -4.69. The van der Waals surface area contributed by atoms with E-state index in [0.717, 1.165) is 11.4 Å². The molecule has 0 bridgehead atoms. The van der Waals surface area contributed by atoms with E-state index in [4.69, 9.17) is 21.2 Å². The third-order valence-electron chi connectivity index (χ3n) is 5.98. The summed E-state index contributed by atoms with van der Waals surface area (Å²) in [6, 6.07) is 22.5. The van der Waals surface area contributed by atoms with E-state index in [0.29, 0.717) is 38.7 Å². The average molecular weight is 513 g/mol. The topological polar surface area (TPSA) is 110 Å². The minimum absolute atomic E-state index is 0.0231. The predicted octanol–water partition coefficient (Wildman–Crippen LogP) is 6.42. The van der Waals surface area contributed by atoms with Crippen LogP contribution in [0.4, 0.5) is 5.88 Å². The largest absolute Gasteiger partial charge is 0.478 e. The van der Waals surface area contributed by atoms with Gasteiger partial charge in [-0.2, -0.15) is 5.10 Å². The van der Waals surface area contributed by atoms with Gasteiger partial charge < -0.3 is 9.63 Å². The molecule has 0 atom stereocenters. The number of aryl methyl sites for hydroxylation is 1. The predicted molar refractivity (Wildman–Crippen MR) is 140 cm³/mol. The third kappa shape index (κ3) is 4.50. The zero-order valence-corrected chi connectivity index (χ0v) is 20.7. The molecule has 2 heterocycles. The molecule has 9 heteroatoms. The van der Waals surface area contributed by atoms with Gasteiger partial charge in [0.15, 0.2) is 0 Å². The smallest absolute Gasteiger partial charge is 0.336 e. The fourth-order valence-corrected chi connectivity index (χ4v) is 4.39. The number of para-hydroxylation sites is 1. The van der Waals surface area contributed by atoms with Crippen LogP contribution in [0, 0.1) is 13.8 Å². The molecule has 0 aliphatic carbocycles. The summed E-state index contributed by atoms with van der Waals surface area (Å²) in [4.78, 5) is 25.1. The van der Waals surface area contributed by atoms with E-state index < -0.39 is 11.9 Å². The van der Waals surface area contributed by atoms with Crippen molar-refractivity contribution in [1.29, 1.82) is 0 Å². The number of hydrogen-bond donors (Lipinski definition) is 2. The fraction of sp³-hybridized carbons (Fsp3) is 0.0714. The summed E-state index contributed by atoms with van der Waals surface area (Å²) >= 11 is 5.95. The molecule has 0 saturated carbocycles. The second-order valence-electron chi connectivity index (χ2n) is 8.34. The first-order chi connectivity index (χ1) is 17.8. The lowest BCUT2D eigenvalue weighted by Crippen LogP contribution is -2.12. The molecule has 1 amide bonds. The summed E-state index contributed by atoms with van der Waals surface area (Å²) < 4.78 is 7.43. The Bertz CT molecular complexity index is 1620. The van der Waals surface area contributed by atoms with Gasteiger partial charge in [0.1, 0.15) is 5.69 Å². The van der Waals surface area contributed by atoms with Gasteiger partial charge in [-0.3, -0.25) is 10.1 Å². The number of benzene rings is 3. The van der Waals surface area contributed by atoms with Gasteiger partial charge in [0.25, 0.3) is 5.91 Å². The van der Waals surface area contributed by atoms with Crippen molar-refractivity contribution in [3.05, 3.63) is 106 Å². The summed E-state index contributed by atoms with van der Waals surface area (Å²) in [6.07, 6.45) is 0. The Kier molecular flexibility index (Phi) is 6.33. The minimum atomic E-state index is -1.12. The number of aromatic nitrogens is 3. The molecular weight excluding hydrogens is 492 g/mol. The van der Waals surface area contributed by atoms with Crippen molar-refractivity contribution in [3.63, 3.8) is 0 Å². The number of halogens is 1. The van der Waals surface area contributed by atoms with Gasteiger partial charge in [-0.1, -0.05) is 53.2 Å². The van der Waals surface area contributed by atoms with Crippen LogP contribution in [-0.2, 0) is 0 Å². The lowest BCUT2D eigenvalue weighted by molar-refractivity contribution is 0.0697. The fourth-order valence-electron chi connectivity index (χ4n) is 4.27. The number of carboxylic acids is 1. The van der Waals surface area contributed by atoms with E-state index in [9.17, 15) is 14.7 Å². The van der Waals surface area contributed by atoms with Gasteiger partial charge in [-0.15, -0.1) is 0 Å². The number of rotatable bonds is 6. The molecule has 0 fully saturated rings. The summed E-state index contributed by atoms with van der Waals surface area (Å²) in [7, 11) is 0. The quantitative estimate of drug-likeness (QED) is 0.272. The van der Waals surface area contributed by atoms with E-state index in [2.05, 4.69) is 10.5 Å². The van der Waals surface area contributed by atoms with Crippen molar-refractivity contribution in [2.24, 2.45) is 0 Å². The van der Waals surface area contributed by atoms with Crippen LogP contribution in [0.25, 0.3) is 28.1 Å². The number of anilines is 1. The van der Waals surface area contributed by atoms with Crippen molar-refractivity contribution in [2.45, 2.75) is 13.8 Å². The Labute approximate surface area is 217 Å². The molecule has 2 aromatic heterocycles. The SMILES string of the molecule is Cc1nn(-c2ccccc2)c(C)c1-c1noc(NC(=O)c2ccc(Cl)cc2)c1-c1ccccc1C(=O)O. The minimum Gasteiger partial charge on any atom is -0.478 e. The zero-order chi connectivity index (χ0) is 26.1. The second kappa shape index (κ2) is 9.75.